The molecule has 0 radical (unpaired) electrons. The number of nitrogens with zero attached hydrogens (tertiary/aromatic N) is 2. The predicted molar refractivity (Wildman–Crippen MR) is 91.2 cm³/mol. The molecule has 1 spiro atoms. The Labute approximate surface area is 142 Å². The number of hydrogen-bond donors (Lipinski definition) is 1. The van der Waals surface area contributed by atoms with Crippen LogP contribution in [0.25, 0.3) is 0 Å². The molecule has 4 heteroatoms. The molecule has 1 atom stereocenters. The van der Waals surface area contributed by atoms with Gasteiger partial charge in [0.05, 0.1) is 11.6 Å². The minimum atomic E-state index is 0.0257. The largest absolute Gasteiger partial charge is 0.352 e. The summed E-state index contributed by atoms with van der Waals surface area (Å²) in [5.74, 6) is 0.0257. The third kappa shape index (κ3) is 2.32. The number of carbonyl (C=O) groups excluding carboxylic acids is 1. The number of likely N-dealkylation sites (tertiary alicyclic amines) is 1. The van der Waals surface area contributed by atoms with Crippen molar-refractivity contribution in [3.8, 4) is 6.07 Å². The third-order valence-electron chi connectivity index (χ3n) is 5.65. The summed E-state index contributed by atoms with van der Waals surface area (Å²) in [6.07, 6.45) is 7.87. The van der Waals surface area contributed by atoms with E-state index in [1.165, 1.54) is 37.7 Å². The number of H-pyrrole nitrogens is 1. The first-order chi connectivity index (χ1) is 11.7. The molecule has 4 nitrogen and oxygen atoms in total. The minimum Gasteiger partial charge on any atom is -0.352 e. The van der Waals surface area contributed by atoms with Crippen molar-refractivity contribution in [2.75, 3.05) is 6.54 Å². The lowest BCUT2D eigenvalue weighted by molar-refractivity contribution is -0.0770. The van der Waals surface area contributed by atoms with Crippen molar-refractivity contribution in [1.29, 1.82) is 5.26 Å². The van der Waals surface area contributed by atoms with Crippen molar-refractivity contribution in [2.45, 2.75) is 38.1 Å². The smallest absolute Gasteiger partial charge is 0.255 e. The van der Waals surface area contributed by atoms with Crippen molar-refractivity contribution in [1.82, 2.24) is 9.88 Å². The fourth-order valence-electron chi connectivity index (χ4n) is 4.53. The number of aromatic amines is 1. The fraction of sp³-hybridized carbons (Fsp3) is 0.400. The van der Waals surface area contributed by atoms with Crippen LogP contribution in [0.3, 0.4) is 0 Å². The first kappa shape index (κ1) is 15.0. The van der Waals surface area contributed by atoms with Crippen LogP contribution in [0, 0.1) is 16.7 Å². The van der Waals surface area contributed by atoms with Crippen LogP contribution in [0.2, 0.25) is 0 Å². The highest BCUT2D eigenvalue weighted by molar-refractivity contribution is 5.95. The minimum absolute atomic E-state index is 0.0257. The molecule has 1 saturated carbocycles. The molecule has 1 N–H and O–H groups in total. The summed E-state index contributed by atoms with van der Waals surface area (Å²) in [4.78, 5) is 17.8. The molecule has 0 unspecified atom stereocenters. The van der Waals surface area contributed by atoms with Gasteiger partial charge in [-0.1, -0.05) is 49.6 Å². The second-order valence-electron chi connectivity index (χ2n) is 7.08. The highest BCUT2D eigenvalue weighted by Crippen LogP contribution is 2.57. The molecule has 24 heavy (non-hydrogen) atoms. The first-order valence-electron chi connectivity index (χ1n) is 8.68. The van der Waals surface area contributed by atoms with Gasteiger partial charge in [-0.3, -0.25) is 4.79 Å². The second-order valence-corrected chi connectivity index (χ2v) is 7.08. The van der Waals surface area contributed by atoms with E-state index in [1.807, 2.05) is 11.0 Å². The molecule has 0 bridgehead atoms. The van der Waals surface area contributed by atoms with Crippen LogP contribution in [0.15, 0.2) is 42.6 Å². The quantitative estimate of drug-likeness (QED) is 0.908. The maximum absolute atomic E-state index is 13.0. The first-order valence-corrected chi connectivity index (χ1v) is 8.68. The Morgan fingerprint density at radius 1 is 1.21 bits per heavy atom. The van der Waals surface area contributed by atoms with E-state index in [0.29, 0.717) is 11.3 Å². The molecule has 1 aliphatic heterocycles. The lowest BCUT2D eigenvalue weighted by Gasteiger charge is -2.59. The van der Waals surface area contributed by atoms with Crippen molar-refractivity contribution >= 4 is 5.91 Å². The summed E-state index contributed by atoms with van der Waals surface area (Å²) in [6.45, 7) is 0.832. The zero-order chi connectivity index (χ0) is 16.6. The van der Waals surface area contributed by atoms with Crippen molar-refractivity contribution < 1.29 is 4.79 Å². The van der Waals surface area contributed by atoms with Crippen LogP contribution < -0.4 is 0 Å². The molecular weight excluding hydrogens is 298 g/mol. The maximum Gasteiger partial charge on any atom is 0.255 e. The van der Waals surface area contributed by atoms with E-state index in [-0.39, 0.29) is 17.4 Å². The average Bonchev–Trinajstić information content (AvgIpc) is 3.10. The zero-order valence-corrected chi connectivity index (χ0v) is 13.7. The van der Waals surface area contributed by atoms with E-state index in [2.05, 4.69) is 35.3 Å². The number of aromatic nitrogens is 1. The summed E-state index contributed by atoms with van der Waals surface area (Å²) in [7, 11) is 0. The molecule has 1 aromatic carbocycles. The van der Waals surface area contributed by atoms with Crippen LogP contribution in [-0.2, 0) is 0 Å². The molecule has 4 rings (SSSR count). The van der Waals surface area contributed by atoms with E-state index >= 15 is 0 Å². The van der Waals surface area contributed by atoms with Gasteiger partial charge in [-0.25, -0.2) is 0 Å². The Hall–Kier alpha value is -2.54. The van der Waals surface area contributed by atoms with Crippen molar-refractivity contribution in [3.05, 3.63) is 59.4 Å². The molecule has 2 heterocycles. The standard InChI is InChI=1S/C20H21N3O/c21-12-17-11-16(13-22-17)19(24)23-14-20(9-5-2-6-10-20)18(23)15-7-3-1-4-8-15/h1,3-4,7-8,11,13,18,22H,2,5-6,9-10,14H2/t18-/m1/s1. The Morgan fingerprint density at radius 2 is 1.96 bits per heavy atom. The Morgan fingerprint density at radius 3 is 2.62 bits per heavy atom. The van der Waals surface area contributed by atoms with Gasteiger partial charge in [0.2, 0.25) is 0 Å². The van der Waals surface area contributed by atoms with Crippen LogP contribution in [0.5, 0.6) is 0 Å². The summed E-state index contributed by atoms with van der Waals surface area (Å²) >= 11 is 0. The number of carbonyl (C=O) groups is 1. The number of rotatable bonds is 2. The molecule has 1 aliphatic carbocycles. The highest BCUT2D eigenvalue weighted by Gasteiger charge is 2.54. The van der Waals surface area contributed by atoms with Gasteiger partial charge in [0.1, 0.15) is 11.8 Å². The summed E-state index contributed by atoms with van der Waals surface area (Å²) in [5, 5.41) is 8.97. The molecule has 122 valence electrons. The van der Waals surface area contributed by atoms with Gasteiger partial charge < -0.3 is 9.88 Å². The molecule has 1 aromatic heterocycles. The molecular formula is C20H21N3O. The van der Waals surface area contributed by atoms with Gasteiger partial charge in [-0.15, -0.1) is 0 Å². The monoisotopic (exact) mass is 319 g/mol. The Bertz CT molecular complexity index is 781. The van der Waals surface area contributed by atoms with Gasteiger partial charge in [0.25, 0.3) is 5.91 Å². The summed E-state index contributed by atoms with van der Waals surface area (Å²) < 4.78 is 0. The van der Waals surface area contributed by atoms with Crippen LogP contribution in [-0.4, -0.2) is 22.3 Å². The lowest BCUT2D eigenvalue weighted by Crippen LogP contribution is -2.61. The molecule has 1 amide bonds. The fourth-order valence-corrected chi connectivity index (χ4v) is 4.53. The van der Waals surface area contributed by atoms with E-state index in [1.54, 1.807) is 12.3 Å². The SMILES string of the molecule is N#Cc1cc(C(=O)N2CC3(CCCCC3)[C@H]2c2ccccc2)c[nH]1. The van der Waals surface area contributed by atoms with E-state index in [4.69, 9.17) is 5.26 Å². The van der Waals surface area contributed by atoms with Gasteiger partial charge in [-0.2, -0.15) is 5.26 Å². The van der Waals surface area contributed by atoms with Crippen molar-refractivity contribution in [3.63, 3.8) is 0 Å². The molecule has 2 aliphatic rings. The van der Waals surface area contributed by atoms with Crippen molar-refractivity contribution in [2.24, 2.45) is 5.41 Å². The molecule has 1 saturated heterocycles. The summed E-state index contributed by atoms with van der Waals surface area (Å²) in [6, 6.07) is 14.3. The Kier molecular flexibility index (Phi) is 3.65. The van der Waals surface area contributed by atoms with Gasteiger partial charge in [-0.05, 0) is 24.5 Å². The number of benzene rings is 1. The zero-order valence-electron chi connectivity index (χ0n) is 13.7. The van der Waals surface area contributed by atoms with E-state index in [9.17, 15) is 4.79 Å². The highest BCUT2D eigenvalue weighted by atomic mass is 16.2. The van der Waals surface area contributed by atoms with E-state index in [0.717, 1.165) is 6.54 Å². The number of amides is 1. The summed E-state index contributed by atoms with van der Waals surface area (Å²) in [5.41, 5.74) is 2.49. The van der Waals surface area contributed by atoms with Crippen LogP contribution in [0.4, 0.5) is 0 Å². The molecule has 2 aromatic rings. The number of hydrogen-bond acceptors (Lipinski definition) is 2. The van der Waals surface area contributed by atoms with E-state index < -0.39 is 0 Å². The average molecular weight is 319 g/mol. The topological polar surface area (TPSA) is 59.9 Å². The molecule has 2 fully saturated rings. The number of nitrogens with one attached hydrogen (secondary N) is 1. The van der Waals surface area contributed by atoms with Crippen LogP contribution in [0.1, 0.15) is 59.8 Å². The normalized spacial score (nSPS) is 22.0. The number of nitriles is 1. The van der Waals surface area contributed by atoms with Gasteiger partial charge in [0, 0.05) is 18.2 Å². The van der Waals surface area contributed by atoms with Crippen LogP contribution >= 0.6 is 0 Å². The second kappa shape index (κ2) is 5.83. The maximum atomic E-state index is 13.0. The predicted octanol–water partition coefficient (Wildman–Crippen LogP) is 4.03. The van der Waals surface area contributed by atoms with Gasteiger partial charge in [0.15, 0.2) is 0 Å². The van der Waals surface area contributed by atoms with Gasteiger partial charge >= 0.3 is 0 Å². The third-order valence-corrected chi connectivity index (χ3v) is 5.65. The lowest BCUT2D eigenvalue weighted by atomic mass is 9.61. The Balaban J connectivity index is 1.65.